The van der Waals surface area contributed by atoms with Crippen molar-refractivity contribution in [3.8, 4) is 0 Å². The van der Waals surface area contributed by atoms with Crippen LogP contribution >= 0.6 is 0 Å². The van der Waals surface area contributed by atoms with E-state index in [4.69, 9.17) is 0 Å². The Bertz CT molecular complexity index is 482. The number of Topliss-reactive ketones (excluding diaryl/α,β-unsaturated/α-hetero) is 1. The van der Waals surface area contributed by atoms with E-state index in [1.165, 1.54) is 37.7 Å². The molecular formula is C18H26N2O. The van der Waals surface area contributed by atoms with Crippen molar-refractivity contribution in [1.29, 1.82) is 0 Å². The second-order valence-electron chi connectivity index (χ2n) is 6.60. The zero-order valence-corrected chi connectivity index (χ0v) is 13.0. The number of pyridine rings is 1. The van der Waals surface area contributed by atoms with E-state index in [0.717, 1.165) is 24.5 Å². The van der Waals surface area contributed by atoms with Crippen molar-refractivity contribution < 1.29 is 4.79 Å². The fraction of sp³-hybridized carbons (Fsp3) is 0.667. The maximum absolute atomic E-state index is 12.5. The Kier molecular flexibility index (Phi) is 4.69. The van der Waals surface area contributed by atoms with Crippen LogP contribution in [0.3, 0.4) is 0 Å². The third kappa shape index (κ3) is 3.52. The number of aryl methyl sites for hydroxylation is 1. The predicted molar refractivity (Wildman–Crippen MR) is 84.2 cm³/mol. The molecule has 1 aliphatic heterocycles. The summed E-state index contributed by atoms with van der Waals surface area (Å²) in [6, 6.07) is 4.72. The van der Waals surface area contributed by atoms with Gasteiger partial charge in [-0.1, -0.05) is 25.8 Å². The second kappa shape index (κ2) is 6.69. The van der Waals surface area contributed by atoms with E-state index in [1.807, 2.05) is 12.3 Å². The van der Waals surface area contributed by atoms with Gasteiger partial charge in [-0.2, -0.15) is 0 Å². The molecule has 1 aliphatic carbocycles. The van der Waals surface area contributed by atoms with Gasteiger partial charge in [-0.3, -0.25) is 9.78 Å². The Labute approximate surface area is 127 Å². The molecule has 1 aromatic heterocycles. The van der Waals surface area contributed by atoms with Gasteiger partial charge in [-0.25, -0.2) is 0 Å². The zero-order chi connectivity index (χ0) is 14.7. The lowest BCUT2D eigenvalue weighted by Gasteiger charge is -2.40. The highest BCUT2D eigenvalue weighted by atomic mass is 16.1. The minimum absolute atomic E-state index is 0.0528. The molecule has 3 heteroatoms. The van der Waals surface area contributed by atoms with Gasteiger partial charge in [0.2, 0.25) is 0 Å². The van der Waals surface area contributed by atoms with E-state index in [1.54, 1.807) is 0 Å². The molecule has 2 aliphatic rings. The molecule has 0 aromatic carbocycles. The molecule has 3 atom stereocenters. The normalized spacial score (nSPS) is 28.9. The summed E-state index contributed by atoms with van der Waals surface area (Å²) in [4.78, 5) is 16.9. The van der Waals surface area contributed by atoms with Gasteiger partial charge in [-0.05, 0) is 49.7 Å². The van der Waals surface area contributed by atoms with Crippen LogP contribution in [0.15, 0.2) is 18.3 Å². The van der Waals surface area contributed by atoms with Gasteiger partial charge in [0.05, 0.1) is 12.5 Å². The number of hydrogen-bond acceptors (Lipinski definition) is 3. The highest BCUT2D eigenvalue weighted by molar-refractivity contribution is 5.85. The van der Waals surface area contributed by atoms with Crippen molar-refractivity contribution in [2.45, 2.75) is 70.4 Å². The molecule has 3 nitrogen and oxygen atoms in total. The molecule has 21 heavy (non-hydrogen) atoms. The Hall–Kier alpha value is -1.22. The average molecular weight is 286 g/mol. The van der Waals surface area contributed by atoms with Crippen LogP contribution < -0.4 is 5.32 Å². The molecule has 1 saturated heterocycles. The Morgan fingerprint density at radius 3 is 2.86 bits per heavy atom. The largest absolute Gasteiger partial charge is 0.304 e. The predicted octanol–water partition coefficient (Wildman–Crippen LogP) is 3.07. The summed E-state index contributed by atoms with van der Waals surface area (Å²) in [5.41, 5.74) is 2.14. The van der Waals surface area contributed by atoms with Gasteiger partial charge >= 0.3 is 0 Å². The maximum Gasteiger partial charge on any atom is 0.155 e. The lowest BCUT2D eigenvalue weighted by Crippen LogP contribution is -2.52. The van der Waals surface area contributed by atoms with Crippen molar-refractivity contribution in [3.05, 3.63) is 29.6 Å². The number of nitrogens with zero attached hydrogens (tertiary/aromatic N) is 1. The molecule has 2 fully saturated rings. The number of carbonyl (C=O) groups excluding carboxylic acids is 1. The number of ketones is 1. The second-order valence-corrected chi connectivity index (χ2v) is 6.60. The van der Waals surface area contributed by atoms with Gasteiger partial charge < -0.3 is 5.32 Å². The third-order valence-corrected chi connectivity index (χ3v) is 5.19. The molecule has 3 unspecified atom stereocenters. The Balaban J connectivity index is 1.57. The first-order valence-electron chi connectivity index (χ1n) is 8.49. The minimum Gasteiger partial charge on any atom is -0.304 e. The molecule has 1 N–H and O–H groups in total. The van der Waals surface area contributed by atoms with Crippen LogP contribution in [-0.4, -0.2) is 22.9 Å². The van der Waals surface area contributed by atoms with E-state index in [2.05, 4.69) is 23.3 Å². The van der Waals surface area contributed by atoms with Crippen molar-refractivity contribution in [2.24, 2.45) is 5.92 Å². The summed E-state index contributed by atoms with van der Waals surface area (Å²) >= 11 is 0. The number of piperidine rings is 1. The fourth-order valence-corrected chi connectivity index (χ4v) is 3.82. The fourth-order valence-electron chi connectivity index (χ4n) is 3.82. The molecule has 1 aromatic rings. The average Bonchev–Trinajstić information content (AvgIpc) is 2.55. The van der Waals surface area contributed by atoms with Crippen LogP contribution in [0.1, 0.15) is 56.7 Å². The summed E-state index contributed by atoms with van der Waals surface area (Å²) in [6.45, 7) is 2.12. The van der Waals surface area contributed by atoms with Crippen molar-refractivity contribution >= 4 is 5.78 Å². The van der Waals surface area contributed by atoms with E-state index >= 15 is 0 Å². The van der Waals surface area contributed by atoms with Crippen molar-refractivity contribution in [1.82, 2.24) is 10.3 Å². The number of aromatic nitrogens is 1. The topological polar surface area (TPSA) is 42.0 Å². The first-order valence-corrected chi connectivity index (χ1v) is 8.49. The monoisotopic (exact) mass is 286 g/mol. The lowest BCUT2D eigenvalue weighted by molar-refractivity contribution is -0.121. The van der Waals surface area contributed by atoms with Gasteiger partial charge in [0.1, 0.15) is 0 Å². The third-order valence-electron chi connectivity index (χ3n) is 5.19. The van der Waals surface area contributed by atoms with Crippen LogP contribution in [0.2, 0.25) is 0 Å². The number of fused-ring (bicyclic) bond motifs is 1. The van der Waals surface area contributed by atoms with Crippen molar-refractivity contribution in [3.63, 3.8) is 0 Å². The van der Waals surface area contributed by atoms with Crippen LogP contribution in [-0.2, 0) is 17.6 Å². The van der Waals surface area contributed by atoms with Crippen molar-refractivity contribution in [2.75, 3.05) is 0 Å². The van der Waals surface area contributed by atoms with E-state index < -0.39 is 0 Å². The molecule has 114 valence electrons. The molecule has 0 bridgehead atoms. The molecule has 0 radical (unpaired) electrons. The van der Waals surface area contributed by atoms with Gasteiger partial charge in [0.25, 0.3) is 0 Å². The summed E-state index contributed by atoms with van der Waals surface area (Å²) < 4.78 is 0. The van der Waals surface area contributed by atoms with Gasteiger partial charge in [-0.15, -0.1) is 0 Å². The van der Waals surface area contributed by atoms with Crippen LogP contribution in [0.25, 0.3) is 0 Å². The standard InChI is InChI=1S/C18H26N2O/c1-2-13-7-9-15(19-12-13)11-18(21)17-10-8-14-5-3-4-6-16(14)20-17/h7,9,12,14,16-17,20H,2-6,8,10-11H2,1H3. The summed E-state index contributed by atoms with van der Waals surface area (Å²) in [7, 11) is 0. The van der Waals surface area contributed by atoms with E-state index in [0.29, 0.717) is 18.2 Å². The molecule has 0 amide bonds. The van der Waals surface area contributed by atoms with Crippen LogP contribution in [0, 0.1) is 5.92 Å². The Morgan fingerprint density at radius 1 is 1.24 bits per heavy atom. The SMILES string of the molecule is CCc1ccc(CC(=O)C2CCC3CCCCC3N2)nc1. The maximum atomic E-state index is 12.5. The lowest BCUT2D eigenvalue weighted by atomic mass is 9.77. The summed E-state index contributed by atoms with van der Waals surface area (Å²) in [6.07, 6.45) is 10.9. The van der Waals surface area contributed by atoms with Crippen LogP contribution in [0.4, 0.5) is 0 Å². The minimum atomic E-state index is 0.0528. The molecular weight excluding hydrogens is 260 g/mol. The Morgan fingerprint density at radius 2 is 2.10 bits per heavy atom. The molecule has 2 heterocycles. The zero-order valence-electron chi connectivity index (χ0n) is 13.0. The quantitative estimate of drug-likeness (QED) is 0.925. The number of rotatable bonds is 4. The van der Waals surface area contributed by atoms with Gasteiger partial charge in [0, 0.05) is 17.9 Å². The number of hydrogen-bond donors (Lipinski definition) is 1. The summed E-state index contributed by atoms with van der Waals surface area (Å²) in [5, 5.41) is 3.62. The first-order chi connectivity index (χ1) is 10.3. The highest BCUT2D eigenvalue weighted by Crippen LogP contribution is 2.32. The number of nitrogens with one attached hydrogen (secondary N) is 1. The van der Waals surface area contributed by atoms with E-state index in [9.17, 15) is 4.79 Å². The van der Waals surface area contributed by atoms with E-state index in [-0.39, 0.29) is 6.04 Å². The molecule has 3 rings (SSSR count). The summed E-state index contributed by atoms with van der Waals surface area (Å²) in [5.74, 6) is 1.13. The smallest absolute Gasteiger partial charge is 0.155 e. The molecule has 0 spiro atoms. The highest BCUT2D eigenvalue weighted by Gasteiger charge is 2.34. The first kappa shape index (κ1) is 14.7. The van der Waals surface area contributed by atoms with Gasteiger partial charge in [0.15, 0.2) is 5.78 Å². The molecule has 1 saturated carbocycles. The number of carbonyl (C=O) groups is 1. The van der Waals surface area contributed by atoms with Crippen LogP contribution in [0.5, 0.6) is 0 Å².